The minimum Gasteiger partial charge on any atom is -0.465 e. The third-order valence-corrected chi connectivity index (χ3v) is 0.872. The van der Waals surface area contributed by atoms with Crippen molar-refractivity contribution in [3.63, 3.8) is 0 Å². The van der Waals surface area contributed by atoms with Crippen molar-refractivity contribution in [1.29, 1.82) is 0 Å². The van der Waals surface area contributed by atoms with Crippen molar-refractivity contribution in [1.82, 2.24) is 0 Å². The predicted molar refractivity (Wildman–Crippen MR) is 30.4 cm³/mol. The van der Waals surface area contributed by atoms with Crippen molar-refractivity contribution >= 4 is 21.9 Å². The number of halogens is 1. The summed E-state index contributed by atoms with van der Waals surface area (Å²) < 4.78 is 4.51. The molecule has 0 atom stereocenters. The Kier molecular flexibility index (Phi) is 4.09. The van der Waals surface area contributed by atoms with E-state index in [1.807, 2.05) is 0 Å². The zero-order valence-corrected chi connectivity index (χ0v) is 5.69. The number of carbonyl (C=O) groups is 1. The monoisotopic (exact) mass is 167 g/mol. The third-order valence-electron chi connectivity index (χ3n) is 0.414. The van der Waals surface area contributed by atoms with Crippen LogP contribution in [0.3, 0.4) is 0 Å². The van der Waals surface area contributed by atoms with Crippen molar-refractivity contribution in [2.45, 2.75) is 6.92 Å². The molecular formula is C4H7BrO2. The minimum atomic E-state index is -0.206. The van der Waals surface area contributed by atoms with Gasteiger partial charge in [-0.2, -0.15) is 0 Å². The zero-order chi connectivity index (χ0) is 5.70. The van der Waals surface area contributed by atoms with Gasteiger partial charge in [-0.15, -0.1) is 0 Å². The van der Waals surface area contributed by atoms with E-state index in [4.69, 9.17) is 0 Å². The van der Waals surface area contributed by atoms with Crippen molar-refractivity contribution in [3.05, 3.63) is 0 Å². The largest absolute Gasteiger partial charge is 0.465 e. The SMILES string of the molecule is CCO[13C](=O)CBr. The predicted octanol–water partition coefficient (Wildman–Crippen LogP) is 0.944. The van der Waals surface area contributed by atoms with E-state index in [1.165, 1.54) is 0 Å². The maximum absolute atomic E-state index is 10.1. The Morgan fingerprint density at radius 1 is 1.86 bits per heavy atom. The maximum atomic E-state index is 10.1. The smallest absolute Gasteiger partial charge is 0.316 e. The molecular weight excluding hydrogens is 161 g/mol. The van der Waals surface area contributed by atoms with E-state index in [0.29, 0.717) is 11.9 Å². The normalized spacial score (nSPS) is 8.29. The molecule has 0 amide bonds. The second kappa shape index (κ2) is 4.12. The van der Waals surface area contributed by atoms with Gasteiger partial charge >= 0.3 is 5.97 Å². The van der Waals surface area contributed by atoms with Crippen LogP contribution in [0.15, 0.2) is 0 Å². The summed E-state index contributed by atoms with van der Waals surface area (Å²) in [6.45, 7) is 2.24. The average molecular weight is 168 g/mol. The molecule has 0 fully saturated rings. The van der Waals surface area contributed by atoms with Crippen molar-refractivity contribution in [2.24, 2.45) is 0 Å². The van der Waals surface area contributed by atoms with E-state index < -0.39 is 0 Å². The van der Waals surface area contributed by atoms with Gasteiger partial charge in [0.05, 0.1) is 6.61 Å². The first-order valence-electron chi connectivity index (χ1n) is 2.02. The van der Waals surface area contributed by atoms with Gasteiger partial charge in [0.1, 0.15) is 5.33 Å². The molecule has 0 unspecified atom stereocenters. The molecule has 0 aliphatic carbocycles. The zero-order valence-electron chi connectivity index (χ0n) is 4.11. The van der Waals surface area contributed by atoms with Crippen molar-refractivity contribution in [3.8, 4) is 0 Å². The minimum absolute atomic E-state index is 0.206. The number of ether oxygens (including phenoxy) is 1. The summed E-state index contributed by atoms with van der Waals surface area (Å²) in [5, 5.41) is 0.292. The number of esters is 1. The summed E-state index contributed by atoms with van der Waals surface area (Å²) in [4.78, 5) is 10.1. The summed E-state index contributed by atoms with van der Waals surface area (Å²) in [6, 6.07) is 0. The maximum Gasteiger partial charge on any atom is 0.316 e. The Bertz CT molecular complexity index is 62.7. The quantitative estimate of drug-likeness (QED) is 0.348. The van der Waals surface area contributed by atoms with Crippen molar-refractivity contribution < 1.29 is 9.53 Å². The molecule has 0 aromatic rings. The lowest BCUT2D eigenvalue weighted by Crippen LogP contribution is -2.03. The molecule has 42 valence electrons. The topological polar surface area (TPSA) is 26.3 Å². The fourth-order valence-electron chi connectivity index (χ4n) is 0.200. The molecule has 7 heavy (non-hydrogen) atoms. The second-order valence-electron chi connectivity index (χ2n) is 0.939. The molecule has 0 rings (SSSR count). The molecule has 0 aliphatic heterocycles. The molecule has 0 heterocycles. The second-order valence-corrected chi connectivity index (χ2v) is 1.50. The summed E-state index contributed by atoms with van der Waals surface area (Å²) in [5.41, 5.74) is 0. The van der Waals surface area contributed by atoms with E-state index in [1.54, 1.807) is 6.92 Å². The van der Waals surface area contributed by atoms with Gasteiger partial charge in [0, 0.05) is 0 Å². The van der Waals surface area contributed by atoms with E-state index >= 15 is 0 Å². The third kappa shape index (κ3) is 3.79. The first kappa shape index (κ1) is 6.95. The van der Waals surface area contributed by atoms with Gasteiger partial charge in [0.15, 0.2) is 0 Å². The Labute approximate surface area is 51.0 Å². The Morgan fingerprint density at radius 3 is 2.57 bits per heavy atom. The average Bonchev–Trinajstić information content (AvgIpc) is 1.68. The number of hydrogen-bond donors (Lipinski definition) is 0. The van der Waals surface area contributed by atoms with Crippen LogP contribution in [0.25, 0.3) is 0 Å². The molecule has 0 saturated carbocycles. The highest BCUT2D eigenvalue weighted by atomic mass is 79.9. The molecule has 0 radical (unpaired) electrons. The van der Waals surface area contributed by atoms with Gasteiger partial charge in [-0.3, -0.25) is 4.79 Å². The molecule has 0 N–H and O–H groups in total. The molecule has 0 aliphatic rings. The fourth-order valence-corrected chi connectivity index (χ4v) is 0.361. The first-order valence-corrected chi connectivity index (χ1v) is 3.15. The van der Waals surface area contributed by atoms with Crippen LogP contribution in [0.4, 0.5) is 0 Å². The Morgan fingerprint density at radius 2 is 2.43 bits per heavy atom. The van der Waals surface area contributed by atoms with Crippen LogP contribution in [-0.2, 0) is 9.53 Å². The Hall–Kier alpha value is -0.0500. The highest BCUT2D eigenvalue weighted by Gasteiger charge is 1.92. The summed E-state index contributed by atoms with van der Waals surface area (Å²) in [5.74, 6) is -0.206. The number of rotatable bonds is 2. The summed E-state index contributed by atoms with van der Waals surface area (Å²) >= 11 is 2.94. The standard InChI is InChI=1S/C4H7BrO2/c1-2-7-4(6)3-5/h2-3H2,1H3/i4+1. The lowest BCUT2D eigenvalue weighted by molar-refractivity contribution is -0.139. The highest BCUT2D eigenvalue weighted by molar-refractivity contribution is 9.09. The summed E-state index contributed by atoms with van der Waals surface area (Å²) in [7, 11) is 0. The van der Waals surface area contributed by atoms with E-state index in [-0.39, 0.29) is 5.97 Å². The van der Waals surface area contributed by atoms with Crippen LogP contribution in [0.2, 0.25) is 0 Å². The van der Waals surface area contributed by atoms with Gasteiger partial charge in [-0.1, -0.05) is 15.9 Å². The van der Waals surface area contributed by atoms with Crippen LogP contribution in [0.5, 0.6) is 0 Å². The molecule has 0 saturated heterocycles. The fraction of sp³-hybridized carbons (Fsp3) is 0.750. The molecule has 2 nitrogen and oxygen atoms in total. The van der Waals surface area contributed by atoms with Crippen LogP contribution in [0.1, 0.15) is 6.92 Å². The molecule has 0 bridgehead atoms. The van der Waals surface area contributed by atoms with Gasteiger partial charge in [-0.25, -0.2) is 0 Å². The number of carbonyl (C=O) groups excluding carboxylic acids is 1. The summed E-state index contributed by atoms with van der Waals surface area (Å²) in [6.07, 6.45) is 0. The lowest BCUT2D eigenvalue weighted by Gasteiger charge is -1.92. The molecule has 0 spiro atoms. The van der Waals surface area contributed by atoms with Gasteiger partial charge in [0.2, 0.25) is 0 Å². The van der Waals surface area contributed by atoms with Crippen LogP contribution in [-0.4, -0.2) is 17.9 Å². The molecule has 3 heteroatoms. The van der Waals surface area contributed by atoms with Gasteiger partial charge in [-0.05, 0) is 6.92 Å². The van der Waals surface area contributed by atoms with E-state index in [2.05, 4.69) is 20.7 Å². The number of alkyl halides is 1. The molecule has 0 aromatic heterocycles. The number of hydrogen-bond acceptors (Lipinski definition) is 2. The first-order chi connectivity index (χ1) is 3.31. The highest BCUT2D eigenvalue weighted by Crippen LogP contribution is 1.82. The van der Waals surface area contributed by atoms with E-state index in [9.17, 15) is 4.79 Å². The van der Waals surface area contributed by atoms with E-state index in [0.717, 1.165) is 0 Å². The molecule has 0 aromatic carbocycles. The van der Waals surface area contributed by atoms with Gasteiger partial charge < -0.3 is 4.74 Å². The van der Waals surface area contributed by atoms with Gasteiger partial charge in [0.25, 0.3) is 0 Å². The lowest BCUT2D eigenvalue weighted by atomic mass is 10.9. The van der Waals surface area contributed by atoms with Crippen LogP contribution >= 0.6 is 15.9 Å². The van der Waals surface area contributed by atoms with Crippen molar-refractivity contribution in [2.75, 3.05) is 11.9 Å². The van der Waals surface area contributed by atoms with Crippen LogP contribution in [0, 0.1) is 0 Å². The Balaban J connectivity index is 3.00. The van der Waals surface area contributed by atoms with Crippen LogP contribution < -0.4 is 0 Å².